The molecule has 1 amide bonds. The summed E-state index contributed by atoms with van der Waals surface area (Å²) in [5.41, 5.74) is 1.45. The molecule has 0 aromatic heterocycles. The number of rotatable bonds is 6. The number of methoxy groups -OCH3 is 1. The second-order valence-corrected chi connectivity index (χ2v) is 7.15. The van der Waals surface area contributed by atoms with Crippen molar-refractivity contribution >= 4 is 43.7 Å². The molecule has 1 atom stereocenters. The van der Waals surface area contributed by atoms with Crippen molar-refractivity contribution in [1.29, 1.82) is 0 Å². The number of ether oxygens (including phenoxy) is 1. The van der Waals surface area contributed by atoms with Gasteiger partial charge in [0.15, 0.2) is 0 Å². The summed E-state index contributed by atoms with van der Waals surface area (Å²) < 4.78 is 19.1. The van der Waals surface area contributed by atoms with E-state index in [9.17, 15) is 14.0 Å². The highest BCUT2D eigenvalue weighted by atomic mass is 79.9. The molecule has 0 aliphatic carbocycles. The third kappa shape index (κ3) is 5.93. The summed E-state index contributed by atoms with van der Waals surface area (Å²) >= 11 is 6.48. The van der Waals surface area contributed by atoms with Crippen molar-refractivity contribution in [2.75, 3.05) is 7.11 Å². The van der Waals surface area contributed by atoms with Crippen LogP contribution in [0.4, 0.5) is 4.39 Å². The molecule has 0 fully saturated rings. The summed E-state index contributed by atoms with van der Waals surface area (Å²) in [6, 6.07) is 11.2. The molecule has 0 spiro atoms. The molecule has 4 nitrogen and oxygen atoms in total. The van der Waals surface area contributed by atoms with Crippen molar-refractivity contribution in [3.05, 3.63) is 68.4 Å². The van der Waals surface area contributed by atoms with E-state index in [1.165, 1.54) is 13.2 Å². The van der Waals surface area contributed by atoms with E-state index in [2.05, 4.69) is 37.2 Å². The van der Waals surface area contributed by atoms with Gasteiger partial charge in [0.05, 0.1) is 30.5 Å². The molecule has 0 saturated carbocycles. The number of esters is 1. The lowest BCUT2D eigenvalue weighted by Crippen LogP contribution is -2.31. The second kappa shape index (κ2) is 9.10. The Hall–Kier alpha value is -1.73. The largest absolute Gasteiger partial charge is 0.469 e. The fourth-order valence-electron chi connectivity index (χ4n) is 2.31. The smallest absolute Gasteiger partial charge is 0.307 e. The maximum atomic E-state index is 13.3. The molecule has 0 aliphatic rings. The summed E-state index contributed by atoms with van der Waals surface area (Å²) in [4.78, 5) is 24.0. The first-order chi connectivity index (χ1) is 11.9. The van der Waals surface area contributed by atoms with E-state index in [1.807, 2.05) is 24.3 Å². The molecule has 2 aromatic rings. The summed E-state index contributed by atoms with van der Waals surface area (Å²) in [6.07, 6.45) is 0.0936. The van der Waals surface area contributed by atoms with Crippen LogP contribution in [0.2, 0.25) is 0 Å². The Bertz CT molecular complexity index is 783. The molecule has 0 heterocycles. The molecule has 0 saturated heterocycles. The van der Waals surface area contributed by atoms with E-state index < -0.39 is 12.0 Å². The average molecular weight is 473 g/mol. The van der Waals surface area contributed by atoms with Gasteiger partial charge in [0.2, 0.25) is 5.91 Å². The lowest BCUT2D eigenvalue weighted by atomic mass is 10.0. The predicted molar refractivity (Wildman–Crippen MR) is 99.5 cm³/mol. The van der Waals surface area contributed by atoms with Gasteiger partial charge in [-0.05, 0) is 51.3 Å². The van der Waals surface area contributed by atoms with Crippen LogP contribution >= 0.6 is 31.9 Å². The van der Waals surface area contributed by atoms with Gasteiger partial charge in [0.25, 0.3) is 0 Å². The van der Waals surface area contributed by atoms with Gasteiger partial charge in [-0.2, -0.15) is 0 Å². The van der Waals surface area contributed by atoms with E-state index in [1.54, 1.807) is 12.1 Å². The zero-order valence-electron chi connectivity index (χ0n) is 13.4. The quantitative estimate of drug-likeness (QED) is 0.637. The Kier molecular flexibility index (Phi) is 7.13. The van der Waals surface area contributed by atoms with Crippen molar-refractivity contribution in [1.82, 2.24) is 5.32 Å². The Morgan fingerprint density at radius 2 is 1.96 bits per heavy atom. The average Bonchev–Trinajstić information content (AvgIpc) is 2.57. The number of carbonyl (C=O) groups is 2. The van der Waals surface area contributed by atoms with Crippen molar-refractivity contribution in [3.63, 3.8) is 0 Å². The van der Waals surface area contributed by atoms with Crippen molar-refractivity contribution < 1.29 is 18.7 Å². The van der Waals surface area contributed by atoms with Gasteiger partial charge in [-0.25, -0.2) is 4.39 Å². The lowest BCUT2D eigenvalue weighted by Gasteiger charge is -2.18. The van der Waals surface area contributed by atoms with Gasteiger partial charge in [0, 0.05) is 4.47 Å². The zero-order chi connectivity index (χ0) is 18.4. The molecular formula is C18H16Br2FNO3. The van der Waals surface area contributed by atoms with Crippen LogP contribution in [-0.4, -0.2) is 19.0 Å². The summed E-state index contributed by atoms with van der Waals surface area (Å²) in [6.45, 7) is 0. The number of hydrogen-bond acceptors (Lipinski definition) is 3. The van der Waals surface area contributed by atoms with Crippen LogP contribution < -0.4 is 5.32 Å². The first kappa shape index (κ1) is 19.6. The molecule has 0 bridgehead atoms. The fourth-order valence-corrected chi connectivity index (χ4v) is 3.15. The Labute approximate surface area is 162 Å². The minimum Gasteiger partial charge on any atom is -0.469 e. The van der Waals surface area contributed by atoms with Crippen LogP contribution in [0.5, 0.6) is 0 Å². The molecule has 25 heavy (non-hydrogen) atoms. The van der Waals surface area contributed by atoms with Crippen LogP contribution in [0.3, 0.4) is 0 Å². The fraction of sp³-hybridized carbons (Fsp3) is 0.222. The van der Waals surface area contributed by atoms with Crippen molar-refractivity contribution in [3.8, 4) is 0 Å². The van der Waals surface area contributed by atoms with Gasteiger partial charge >= 0.3 is 5.97 Å². The van der Waals surface area contributed by atoms with E-state index in [4.69, 9.17) is 4.74 Å². The Morgan fingerprint density at radius 3 is 2.60 bits per heavy atom. The van der Waals surface area contributed by atoms with Crippen LogP contribution in [0.25, 0.3) is 0 Å². The Morgan fingerprint density at radius 1 is 1.20 bits per heavy atom. The molecule has 7 heteroatoms. The number of nitrogens with one attached hydrogen (secondary N) is 1. The normalized spacial score (nSPS) is 11.7. The molecule has 2 aromatic carbocycles. The third-order valence-corrected chi connectivity index (χ3v) is 4.63. The minimum atomic E-state index is -0.513. The van der Waals surface area contributed by atoms with Crippen LogP contribution in [-0.2, 0) is 20.7 Å². The van der Waals surface area contributed by atoms with Crippen molar-refractivity contribution in [2.24, 2.45) is 0 Å². The maximum Gasteiger partial charge on any atom is 0.307 e. The Balaban J connectivity index is 2.13. The van der Waals surface area contributed by atoms with E-state index in [0.29, 0.717) is 10.0 Å². The van der Waals surface area contributed by atoms with E-state index in [-0.39, 0.29) is 24.6 Å². The van der Waals surface area contributed by atoms with Gasteiger partial charge in [-0.1, -0.05) is 34.1 Å². The van der Waals surface area contributed by atoms with Crippen LogP contribution in [0.1, 0.15) is 23.6 Å². The molecular weight excluding hydrogens is 457 g/mol. The molecule has 0 aliphatic heterocycles. The van der Waals surface area contributed by atoms with Gasteiger partial charge < -0.3 is 10.1 Å². The SMILES string of the molecule is COC(=O)CC(NC(=O)Cc1ccc(F)c(Br)c1)c1cccc(Br)c1. The first-order valence-corrected chi connectivity index (χ1v) is 9.03. The predicted octanol–water partition coefficient (Wildman–Crippen LogP) is 4.31. The maximum absolute atomic E-state index is 13.3. The highest BCUT2D eigenvalue weighted by Gasteiger charge is 2.19. The first-order valence-electron chi connectivity index (χ1n) is 7.44. The molecule has 2 rings (SSSR count). The van der Waals surface area contributed by atoms with E-state index >= 15 is 0 Å². The number of carbonyl (C=O) groups excluding carboxylic acids is 2. The topological polar surface area (TPSA) is 55.4 Å². The summed E-state index contributed by atoms with van der Waals surface area (Å²) in [5.74, 6) is -1.08. The van der Waals surface area contributed by atoms with Crippen molar-refractivity contribution in [2.45, 2.75) is 18.9 Å². The van der Waals surface area contributed by atoms with Crippen LogP contribution in [0.15, 0.2) is 51.4 Å². The monoisotopic (exact) mass is 471 g/mol. The van der Waals surface area contributed by atoms with Gasteiger partial charge in [0.1, 0.15) is 5.82 Å². The van der Waals surface area contributed by atoms with Gasteiger partial charge in [-0.15, -0.1) is 0 Å². The summed E-state index contributed by atoms with van der Waals surface area (Å²) in [5, 5.41) is 2.84. The summed E-state index contributed by atoms with van der Waals surface area (Å²) in [7, 11) is 1.30. The highest BCUT2D eigenvalue weighted by molar-refractivity contribution is 9.10. The number of halogens is 3. The number of amides is 1. The number of hydrogen-bond donors (Lipinski definition) is 1. The minimum absolute atomic E-state index is 0.0196. The van der Waals surface area contributed by atoms with E-state index in [0.717, 1.165) is 10.0 Å². The number of benzene rings is 2. The molecule has 0 radical (unpaired) electrons. The molecule has 1 N–H and O–H groups in total. The molecule has 1 unspecified atom stereocenters. The molecule has 132 valence electrons. The van der Waals surface area contributed by atoms with Crippen LogP contribution in [0, 0.1) is 5.82 Å². The van der Waals surface area contributed by atoms with Gasteiger partial charge in [-0.3, -0.25) is 9.59 Å². The highest BCUT2D eigenvalue weighted by Crippen LogP contribution is 2.22. The standard InChI is InChI=1S/C18H16Br2FNO3/c1-25-18(24)10-16(12-3-2-4-13(19)9-12)22-17(23)8-11-5-6-15(21)14(20)7-11/h2-7,9,16H,8,10H2,1H3,(H,22,23). The zero-order valence-corrected chi connectivity index (χ0v) is 16.6. The lowest BCUT2D eigenvalue weighted by molar-refractivity contribution is -0.141. The third-order valence-electron chi connectivity index (χ3n) is 3.53. The second-order valence-electron chi connectivity index (χ2n) is 5.38.